The molecule has 1 aromatic heterocycles. The van der Waals surface area contributed by atoms with E-state index in [4.69, 9.17) is 4.74 Å². The third kappa shape index (κ3) is 3.39. The van der Waals surface area contributed by atoms with Gasteiger partial charge in [-0.05, 0) is 57.2 Å². The van der Waals surface area contributed by atoms with Crippen LogP contribution in [0.3, 0.4) is 0 Å². The molecule has 1 N–H and O–H groups in total. The Hall–Kier alpha value is -2.41. The van der Waals surface area contributed by atoms with Crippen LogP contribution in [0, 0.1) is 13.8 Å². The molecule has 28 heavy (non-hydrogen) atoms. The molecule has 0 aromatic carbocycles. The predicted octanol–water partition coefficient (Wildman–Crippen LogP) is 2.69. The quantitative estimate of drug-likeness (QED) is 0.638. The van der Waals surface area contributed by atoms with E-state index in [2.05, 4.69) is 9.88 Å². The second-order valence-corrected chi connectivity index (χ2v) is 8.00. The number of nitrogens with zero attached hydrogens (tertiary/aromatic N) is 2. The van der Waals surface area contributed by atoms with E-state index < -0.39 is 17.8 Å². The molecule has 1 atom stereocenters. The lowest BCUT2D eigenvalue weighted by molar-refractivity contribution is -0.131. The highest BCUT2D eigenvalue weighted by atomic mass is 16.5. The minimum Gasteiger partial charge on any atom is -0.376 e. The Balaban J connectivity index is 1.62. The molecule has 1 unspecified atom stereocenters. The van der Waals surface area contributed by atoms with Crippen molar-refractivity contribution in [2.24, 2.45) is 0 Å². The molecular weight excluding hydrogens is 358 g/mol. The van der Waals surface area contributed by atoms with Gasteiger partial charge in [-0.15, -0.1) is 0 Å². The number of ether oxygens (including phenoxy) is 1. The van der Waals surface area contributed by atoms with Crippen LogP contribution in [0.2, 0.25) is 0 Å². The monoisotopic (exact) mass is 385 g/mol. The minimum absolute atomic E-state index is 0.0314. The molecule has 0 spiro atoms. The molecule has 7 heteroatoms. The molecule has 1 aromatic rings. The van der Waals surface area contributed by atoms with Crippen LogP contribution in [0.25, 0.3) is 6.08 Å². The first kappa shape index (κ1) is 18.9. The summed E-state index contributed by atoms with van der Waals surface area (Å²) in [4.78, 5) is 38.8. The molecule has 3 aliphatic rings. The zero-order valence-electron chi connectivity index (χ0n) is 16.5. The van der Waals surface area contributed by atoms with Gasteiger partial charge in [-0.2, -0.15) is 0 Å². The number of nitrogens with one attached hydrogen (secondary N) is 1. The van der Waals surface area contributed by atoms with E-state index in [0.717, 1.165) is 68.6 Å². The molecule has 4 amide bonds. The number of carbonyl (C=O) groups is 3. The van der Waals surface area contributed by atoms with Gasteiger partial charge in [0.2, 0.25) is 0 Å². The molecule has 150 valence electrons. The normalized spacial score (nSPS) is 25.2. The lowest BCUT2D eigenvalue weighted by Crippen LogP contribution is -2.57. The van der Waals surface area contributed by atoms with Crippen LogP contribution < -0.4 is 5.32 Å². The van der Waals surface area contributed by atoms with Gasteiger partial charge in [0.1, 0.15) is 5.57 Å². The van der Waals surface area contributed by atoms with Crippen LogP contribution in [0.15, 0.2) is 11.6 Å². The molecule has 7 nitrogen and oxygen atoms in total. The van der Waals surface area contributed by atoms with Crippen LogP contribution in [0.4, 0.5) is 4.79 Å². The second-order valence-electron chi connectivity index (χ2n) is 8.00. The summed E-state index contributed by atoms with van der Waals surface area (Å²) in [5, 5.41) is 2.34. The third-order valence-corrected chi connectivity index (χ3v) is 6.15. The standard InChI is InChI=1S/C21H27N3O4/c1-13-10-15(14(2)23(13)12-17-8-5-9-28-17)11-18-19(25)22-21(27)24(20(18)26)16-6-3-4-7-16/h10-11,16-17H,3-9,12H2,1-2H3,(H,22,25,27)/b18-11+. The Morgan fingerprint density at radius 2 is 1.89 bits per heavy atom. The molecule has 2 aliphatic heterocycles. The van der Waals surface area contributed by atoms with Crippen molar-refractivity contribution >= 4 is 23.9 Å². The van der Waals surface area contributed by atoms with Crippen LogP contribution in [0.1, 0.15) is 55.5 Å². The Kier molecular flexibility index (Phi) is 5.10. The Bertz CT molecular complexity index is 842. The van der Waals surface area contributed by atoms with Crippen LogP contribution >= 0.6 is 0 Å². The van der Waals surface area contributed by atoms with Crippen molar-refractivity contribution in [3.63, 3.8) is 0 Å². The number of hydrogen-bond acceptors (Lipinski definition) is 4. The summed E-state index contributed by atoms with van der Waals surface area (Å²) in [5.74, 6) is -1.10. The van der Waals surface area contributed by atoms with Gasteiger partial charge in [0, 0.05) is 30.6 Å². The van der Waals surface area contributed by atoms with Gasteiger partial charge in [-0.25, -0.2) is 4.79 Å². The molecular formula is C21H27N3O4. The molecule has 4 rings (SSSR count). The van der Waals surface area contributed by atoms with Gasteiger partial charge >= 0.3 is 6.03 Å². The molecule has 3 heterocycles. The molecule has 1 saturated carbocycles. The lowest BCUT2D eigenvalue weighted by atomic mass is 10.1. The van der Waals surface area contributed by atoms with Gasteiger partial charge in [0.05, 0.1) is 6.10 Å². The average molecular weight is 385 g/mol. The Morgan fingerprint density at radius 3 is 2.57 bits per heavy atom. The highest BCUT2D eigenvalue weighted by Gasteiger charge is 2.40. The van der Waals surface area contributed by atoms with Crippen molar-refractivity contribution < 1.29 is 19.1 Å². The van der Waals surface area contributed by atoms with Gasteiger partial charge in [-0.3, -0.25) is 19.8 Å². The van der Waals surface area contributed by atoms with Crippen molar-refractivity contribution in [2.45, 2.75) is 71.1 Å². The molecule has 1 aliphatic carbocycles. The first-order valence-electron chi connectivity index (χ1n) is 10.1. The van der Waals surface area contributed by atoms with Crippen molar-refractivity contribution in [2.75, 3.05) is 6.61 Å². The van der Waals surface area contributed by atoms with Crippen LogP contribution in [-0.4, -0.2) is 46.1 Å². The average Bonchev–Trinajstić information content (AvgIpc) is 3.39. The van der Waals surface area contributed by atoms with Gasteiger partial charge in [0.15, 0.2) is 0 Å². The van der Waals surface area contributed by atoms with Crippen molar-refractivity contribution in [1.82, 2.24) is 14.8 Å². The Morgan fingerprint density at radius 1 is 1.14 bits per heavy atom. The molecule has 0 radical (unpaired) electrons. The van der Waals surface area contributed by atoms with Crippen molar-refractivity contribution in [3.8, 4) is 0 Å². The van der Waals surface area contributed by atoms with Gasteiger partial charge < -0.3 is 9.30 Å². The first-order valence-corrected chi connectivity index (χ1v) is 10.1. The lowest BCUT2D eigenvalue weighted by Gasteiger charge is -2.31. The summed E-state index contributed by atoms with van der Waals surface area (Å²) in [5.41, 5.74) is 2.91. The maximum absolute atomic E-state index is 13.0. The third-order valence-electron chi connectivity index (χ3n) is 6.15. The van der Waals surface area contributed by atoms with Crippen LogP contribution in [-0.2, 0) is 20.9 Å². The number of carbonyl (C=O) groups excluding carboxylic acids is 3. The first-order chi connectivity index (χ1) is 13.5. The maximum Gasteiger partial charge on any atom is 0.331 e. The van der Waals surface area contributed by atoms with E-state index in [0.29, 0.717) is 0 Å². The number of aryl methyl sites for hydroxylation is 1. The highest BCUT2D eigenvalue weighted by Crippen LogP contribution is 2.28. The van der Waals surface area contributed by atoms with Crippen LogP contribution in [0.5, 0.6) is 0 Å². The number of rotatable bonds is 4. The van der Waals surface area contributed by atoms with E-state index in [1.807, 2.05) is 19.9 Å². The number of hydrogen-bond donors (Lipinski definition) is 1. The summed E-state index contributed by atoms with van der Waals surface area (Å²) >= 11 is 0. The molecule has 2 saturated heterocycles. The topological polar surface area (TPSA) is 80.6 Å². The minimum atomic E-state index is -0.617. The molecule has 3 fully saturated rings. The summed E-state index contributed by atoms with van der Waals surface area (Å²) in [7, 11) is 0. The maximum atomic E-state index is 13.0. The van der Waals surface area contributed by atoms with E-state index >= 15 is 0 Å². The second kappa shape index (κ2) is 7.54. The number of imide groups is 2. The smallest absolute Gasteiger partial charge is 0.331 e. The summed E-state index contributed by atoms with van der Waals surface area (Å²) < 4.78 is 7.92. The number of aromatic nitrogens is 1. The fourth-order valence-corrected chi connectivity index (χ4v) is 4.57. The van der Waals surface area contributed by atoms with Gasteiger partial charge in [0.25, 0.3) is 11.8 Å². The summed E-state index contributed by atoms with van der Waals surface area (Å²) in [6.07, 6.45) is 7.57. The number of urea groups is 1. The van der Waals surface area contributed by atoms with E-state index in [9.17, 15) is 14.4 Å². The Labute approximate surface area is 164 Å². The van der Waals surface area contributed by atoms with E-state index in [-0.39, 0.29) is 17.7 Å². The van der Waals surface area contributed by atoms with Crippen molar-refractivity contribution in [3.05, 3.63) is 28.6 Å². The predicted molar refractivity (Wildman–Crippen MR) is 103 cm³/mol. The molecule has 0 bridgehead atoms. The fourth-order valence-electron chi connectivity index (χ4n) is 4.57. The van der Waals surface area contributed by atoms with Gasteiger partial charge in [-0.1, -0.05) is 12.8 Å². The zero-order chi connectivity index (χ0) is 19.8. The fraction of sp³-hybridized carbons (Fsp3) is 0.571. The van der Waals surface area contributed by atoms with E-state index in [1.54, 1.807) is 6.08 Å². The SMILES string of the molecule is Cc1cc(/C=C2\C(=O)NC(=O)N(C3CCCC3)C2=O)c(C)n1CC1CCCO1. The summed E-state index contributed by atoms with van der Waals surface area (Å²) in [6.45, 7) is 5.58. The number of amides is 4. The van der Waals surface area contributed by atoms with Crippen molar-refractivity contribution in [1.29, 1.82) is 0 Å². The number of barbiturate groups is 1. The van der Waals surface area contributed by atoms with E-state index in [1.165, 1.54) is 4.90 Å². The largest absolute Gasteiger partial charge is 0.376 e. The zero-order valence-corrected chi connectivity index (χ0v) is 16.5. The summed E-state index contributed by atoms with van der Waals surface area (Å²) in [6, 6.07) is 1.27. The highest BCUT2D eigenvalue weighted by molar-refractivity contribution is 6.31.